The van der Waals surface area contributed by atoms with Crippen LogP contribution in [-0.2, 0) is 0 Å². The van der Waals surface area contributed by atoms with Crippen LogP contribution in [0.15, 0.2) is 5.10 Å². The lowest BCUT2D eigenvalue weighted by Gasteiger charge is -2.41. The van der Waals surface area contributed by atoms with Crippen molar-refractivity contribution < 1.29 is 0 Å². The minimum Gasteiger partial charge on any atom is -0.304 e. The van der Waals surface area contributed by atoms with Crippen LogP contribution < -0.4 is 0 Å². The van der Waals surface area contributed by atoms with Crippen molar-refractivity contribution in [2.24, 2.45) is 5.10 Å². The van der Waals surface area contributed by atoms with Gasteiger partial charge in [-0.05, 0) is 20.3 Å². The molecule has 1 aliphatic heterocycles. The van der Waals surface area contributed by atoms with Crippen LogP contribution in [0.2, 0.25) is 0 Å². The summed E-state index contributed by atoms with van der Waals surface area (Å²) in [4.78, 5) is 1.56. The molecule has 0 spiro atoms. The van der Waals surface area contributed by atoms with E-state index in [2.05, 4.69) is 5.10 Å². The van der Waals surface area contributed by atoms with E-state index in [1.165, 1.54) is 6.34 Å². The largest absolute Gasteiger partial charge is 0.304 e. The van der Waals surface area contributed by atoms with Gasteiger partial charge in [-0.25, -0.2) is 0 Å². The van der Waals surface area contributed by atoms with Crippen LogP contribution in [0.5, 0.6) is 0 Å². The minimum atomic E-state index is -1.83. The topological polar surface area (TPSA) is 18.8 Å². The van der Waals surface area contributed by atoms with Gasteiger partial charge in [-0.1, -0.05) is 64.9 Å². The van der Waals surface area contributed by atoms with Gasteiger partial charge in [0.2, 0.25) is 8.25 Å². The number of halogens is 5. The summed E-state index contributed by atoms with van der Waals surface area (Å²) in [5, 5.41) is 6.11. The van der Waals surface area contributed by atoms with E-state index in [0.29, 0.717) is 0 Å². The van der Waals surface area contributed by atoms with E-state index in [0.717, 1.165) is 6.42 Å². The summed E-state index contributed by atoms with van der Waals surface area (Å²) in [6.07, 6.45) is 2.14. The summed E-state index contributed by atoms with van der Waals surface area (Å²) in [6, 6.07) is 0.209. The van der Waals surface area contributed by atoms with E-state index in [9.17, 15) is 0 Å². The molecule has 0 bridgehead atoms. The molecular formula is C9H14Cl5N3. The Morgan fingerprint density at radius 2 is 1.76 bits per heavy atom. The lowest BCUT2D eigenvalue weighted by molar-refractivity contribution is 0.0823. The van der Waals surface area contributed by atoms with Crippen LogP contribution in [0, 0.1) is 0 Å². The van der Waals surface area contributed by atoms with Gasteiger partial charge >= 0.3 is 0 Å². The number of hydrogen-bond acceptors (Lipinski definition) is 3. The number of rotatable bonds is 3. The Labute approximate surface area is 127 Å². The summed E-state index contributed by atoms with van der Waals surface area (Å²) >= 11 is 29.7. The molecule has 1 aliphatic rings. The molecule has 8 heteroatoms. The zero-order chi connectivity index (χ0) is 13.4. The average Bonchev–Trinajstić information content (AvgIpc) is 2.59. The maximum absolute atomic E-state index is 6.14. The normalized spacial score (nSPS) is 21.8. The van der Waals surface area contributed by atoms with Crippen molar-refractivity contribution in [1.82, 2.24) is 9.91 Å². The van der Waals surface area contributed by atoms with Gasteiger partial charge in [0.05, 0.1) is 0 Å². The molecule has 0 radical (unpaired) electrons. The molecule has 0 saturated heterocycles. The molecule has 0 N–H and O–H groups in total. The first-order valence-electron chi connectivity index (χ1n) is 5.18. The molecule has 0 aromatic heterocycles. The third-order valence-electron chi connectivity index (χ3n) is 2.50. The second kappa shape index (κ2) is 5.38. The zero-order valence-corrected chi connectivity index (χ0v) is 13.5. The molecule has 0 aromatic rings. The van der Waals surface area contributed by atoms with Gasteiger partial charge < -0.3 is 4.90 Å². The molecule has 3 nitrogen and oxygen atoms in total. The van der Waals surface area contributed by atoms with Crippen LogP contribution in [0.25, 0.3) is 0 Å². The second-order valence-corrected chi connectivity index (χ2v) is 7.61. The smallest absolute Gasteiger partial charge is 0.241 e. The fourth-order valence-electron chi connectivity index (χ4n) is 1.66. The summed E-state index contributed by atoms with van der Waals surface area (Å²) < 4.78 is -3.49. The third kappa shape index (κ3) is 3.01. The van der Waals surface area contributed by atoms with Crippen molar-refractivity contribution in [3.05, 3.63) is 0 Å². The number of hydrazone groups is 1. The predicted octanol–water partition coefficient (Wildman–Crippen LogP) is 4.19. The van der Waals surface area contributed by atoms with E-state index in [1.807, 2.05) is 25.8 Å². The molecule has 1 heterocycles. The standard InChI is InChI=1S/C9H14Cl5N3/c1-4-7-16(5-15-17(7)6(2)3)9(13,14)8(10,11)12/h5-7H,4H2,1-3H3. The molecule has 0 saturated carbocycles. The van der Waals surface area contributed by atoms with E-state index in [-0.39, 0.29) is 12.2 Å². The van der Waals surface area contributed by atoms with Gasteiger partial charge in [-0.3, -0.25) is 5.01 Å². The first-order chi connectivity index (χ1) is 7.63. The van der Waals surface area contributed by atoms with Crippen LogP contribution in [0.3, 0.4) is 0 Å². The van der Waals surface area contributed by atoms with Gasteiger partial charge in [-0.2, -0.15) is 5.10 Å². The van der Waals surface area contributed by atoms with Crippen molar-refractivity contribution in [2.75, 3.05) is 0 Å². The molecule has 1 unspecified atom stereocenters. The van der Waals surface area contributed by atoms with Gasteiger partial charge in [0, 0.05) is 6.04 Å². The first kappa shape index (κ1) is 15.8. The highest BCUT2D eigenvalue weighted by Gasteiger charge is 2.54. The molecular weight excluding hydrogens is 327 g/mol. The maximum atomic E-state index is 6.14. The summed E-state index contributed by atoms with van der Waals surface area (Å²) in [7, 11) is 0. The van der Waals surface area contributed by atoms with Crippen molar-refractivity contribution in [3.8, 4) is 0 Å². The number of alkyl halides is 5. The van der Waals surface area contributed by atoms with Gasteiger partial charge in [0.1, 0.15) is 12.5 Å². The fourth-order valence-corrected chi connectivity index (χ4v) is 2.27. The highest BCUT2D eigenvalue weighted by Crippen LogP contribution is 2.49. The molecule has 100 valence electrons. The van der Waals surface area contributed by atoms with Crippen LogP contribution in [0.4, 0.5) is 0 Å². The Morgan fingerprint density at radius 3 is 2.12 bits per heavy atom. The third-order valence-corrected chi connectivity index (χ3v) is 4.85. The minimum absolute atomic E-state index is 0.124. The lowest BCUT2D eigenvalue weighted by atomic mass is 10.2. The Bertz CT molecular complexity index is 299. The lowest BCUT2D eigenvalue weighted by Crippen LogP contribution is -2.54. The average molecular weight is 341 g/mol. The van der Waals surface area contributed by atoms with Crippen LogP contribution in [-0.4, -0.2) is 36.7 Å². The van der Waals surface area contributed by atoms with Crippen molar-refractivity contribution in [2.45, 2.75) is 47.6 Å². The Kier molecular flexibility index (Phi) is 4.99. The molecule has 0 aliphatic carbocycles. The van der Waals surface area contributed by atoms with Gasteiger partial charge in [0.15, 0.2) is 0 Å². The second-order valence-electron chi connectivity index (χ2n) is 4.04. The fraction of sp³-hybridized carbons (Fsp3) is 0.889. The van der Waals surface area contributed by atoms with E-state index in [4.69, 9.17) is 58.0 Å². The van der Waals surface area contributed by atoms with E-state index >= 15 is 0 Å². The van der Waals surface area contributed by atoms with Crippen LogP contribution in [0.1, 0.15) is 27.2 Å². The Balaban J connectivity index is 2.98. The molecule has 0 aromatic carbocycles. The highest BCUT2D eigenvalue weighted by atomic mass is 35.6. The van der Waals surface area contributed by atoms with Crippen molar-refractivity contribution >= 4 is 64.3 Å². The molecule has 1 rings (SSSR count). The maximum Gasteiger partial charge on any atom is 0.241 e. The van der Waals surface area contributed by atoms with Crippen LogP contribution >= 0.6 is 58.0 Å². The monoisotopic (exact) mass is 339 g/mol. The van der Waals surface area contributed by atoms with E-state index in [1.54, 1.807) is 4.90 Å². The molecule has 17 heavy (non-hydrogen) atoms. The molecule has 0 fully saturated rings. The SMILES string of the molecule is CCC1N(C(C)C)N=CN1C(Cl)(Cl)C(Cl)(Cl)Cl. The van der Waals surface area contributed by atoms with Crippen molar-refractivity contribution in [1.29, 1.82) is 0 Å². The summed E-state index contributed by atoms with van der Waals surface area (Å²) in [5.41, 5.74) is 0. The Hall–Kier alpha value is 0.720. The summed E-state index contributed by atoms with van der Waals surface area (Å²) in [5.74, 6) is 0. The zero-order valence-electron chi connectivity index (χ0n) is 9.67. The Morgan fingerprint density at radius 1 is 1.24 bits per heavy atom. The summed E-state index contributed by atoms with van der Waals surface area (Å²) in [6.45, 7) is 6.02. The highest BCUT2D eigenvalue weighted by molar-refractivity contribution is 6.75. The number of hydrogen-bond donors (Lipinski definition) is 0. The number of nitrogens with zero attached hydrogens (tertiary/aromatic N) is 3. The first-order valence-corrected chi connectivity index (χ1v) is 7.07. The molecule has 0 amide bonds. The quantitative estimate of drug-likeness (QED) is 0.566. The predicted molar refractivity (Wildman–Crippen MR) is 76.1 cm³/mol. The van der Waals surface area contributed by atoms with E-state index < -0.39 is 8.25 Å². The molecule has 1 atom stereocenters. The van der Waals surface area contributed by atoms with Gasteiger partial charge in [-0.15, -0.1) is 0 Å². The van der Waals surface area contributed by atoms with Gasteiger partial charge in [0.25, 0.3) is 0 Å². The van der Waals surface area contributed by atoms with Crippen molar-refractivity contribution in [3.63, 3.8) is 0 Å².